The van der Waals surface area contributed by atoms with Crippen molar-refractivity contribution in [3.8, 4) is 11.5 Å². The number of benzene rings is 2. The molecule has 1 aliphatic heterocycles. The lowest BCUT2D eigenvalue weighted by molar-refractivity contribution is 0.336. The van der Waals surface area contributed by atoms with Gasteiger partial charge in [-0.2, -0.15) is 0 Å². The van der Waals surface area contributed by atoms with E-state index in [4.69, 9.17) is 21.7 Å². The van der Waals surface area contributed by atoms with Gasteiger partial charge in [0.15, 0.2) is 5.11 Å². The van der Waals surface area contributed by atoms with E-state index < -0.39 is 0 Å². The van der Waals surface area contributed by atoms with Crippen molar-refractivity contribution in [2.24, 2.45) is 0 Å². The molecule has 0 radical (unpaired) electrons. The second-order valence-corrected chi connectivity index (χ2v) is 6.90. The zero-order chi connectivity index (χ0) is 19.2. The third-order valence-electron chi connectivity index (χ3n) is 4.67. The zero-order valence-corrected chi connectivity index (χ0v) is 17.0. The number of nitrogens with one attached hydrogen (secondary N) is 1. The molecule has 0 spiro atoms. The van der Waals surface area contributed by atoms with Crippen molar-refractivity contribution in [1.29, 1.82) is 0 Å². The zero-order valence-electron chi connectivity index (χ0n) is 16.2. The lowest BCUT2D eigenvalue weighted by atomic mass is 10.2. The van der Waals surface area contributed by atoms with Gasteiger partial charge in [-0.05, 0) is 55.9 Å². The van der Waals surface area contributed by atoms with E-state index in [1.807, 2.05) is 31.2 Å². The smallest absolute Gasteiger partial charge is 0.173 e. The quantitative estimate of drug-likeness (QED) is 0.787. The van der Waals surface area contributed by atoms with E-state index in [1.54, 1.807) is 7.11 Å². The third-order valence-corrected chi connectivity index (χ3v) is 5.03. The Morgan fingerprint density at radius 3 is 2.52 bits per heavy atom. The Balaban J connectivity index is 1.63. The Kier molecular flexibility index (Phi) is 6.40. The van der Waals surface area contributed by atoms with Crippen LogP contribution in [0.3, 0.4) is 0 Å². The Morgan fingerprint density at radius 2 is 1.81 bits per heavy atom. The van der Waals surface area contributed by atoms with E-state index >= 15 is 0 Å². The van der Waals surface area contributed by atoms with Gasteiger partial charge in [0.1, 0.15) is 11.5 Å². The molecule has 1 heterocycles. The van der Waals surface area contributed by atoms with Crippen molar-refractivity contribution in [2.45, 2.75) is 13.8 Å². The van der Waals surface area contributed by atoms with Gasteiger partial charge in [0.2, 0.25) is 0 Å². The summed E-state index contributed by atoms with van der Waals surface area (Å²) < 4.78 is 11.2. The van der Waals surface area contributed by atoms with E-state index in [0.717, 1.165) is 54.2 Å². The monoisotopic (exact) mass is 385 g/mol. The molecule has 2 aromatic rings. The molecule has 1 fully saturated rings. The average molecular weight is 386 g/mol. The molecular weight excluding hydrogens is 358 g/mol. The average Bonchev–Trinajstić information content (AvgIpc) is 2.69. The molecule has 1 N–H and O–H groups in total. The number of nitrogens with zero attached hydrogens (tertiary/aromatic N) is 2. The van der Waals surface area contributed by atoms with Crippen LogP contribution < -0.4 is 19.7 Å². The molecule has 144 valence electrons. The second-order valence-electron chi connectivity index (χ2n) is 6.51. The normalized spacial score (nSPS) is 14.0. The Morgan fingerprint density at radius 1 is 1.07 bits per heavy atom. The highest BCUT2D eigenvalue weighted by Crippen LogP contribution is 2.29. The highest BCUT2D eigenvalue weighted by atomic mass is 32.1. The summed E-state index contributed by atoms with van der Waals surface area (Å²) in [7, 11) is 1.67. The first-order valence-corrected chi connectivity index (χ1v) is 9.70. The highest BCUT2D eigenvalue weighted by Gasteiger charge is 2.21. The fourth-order valence-corrected chi connectivity index (χ4v) is 3.55. The molecule has 3 rings (SSSR count). The topological polar surface area (TPSA) is 37.0 Å². The molecule has 27 heavy (non-hydrogen) atoms. The Labute approximate surface area is 166 Å². The Bertz CT molecular complexity index is 789. The van der Waals surface area contributed by atoms with Crippen molar-refractivity contribution in [3.05, 3.63) is 48.0 Å². The third kappa shape index (κ3) is 4.63. The van der Waals surface area contributed by atoms with Crippen molar-refractivity contribution in [2.75, 3.05) is 50.1 Å². The molecule has 0 saturated carbocycles. The molecule has 5 nitrogen and oxygen atoms in total. The fourth-order valence-electron chi connectivity index (χ4n) is 3.26. The summed E-state index contributed by atoms with van der Waals surface area (Å²) in [6.07, 6.45) is 0. The van der Waals surface area contributed by atoms with Gasteiger partial charge < -0.3 is 24.6 Å². The van der Waals surface area contributed by atoms with E-state index in [2.05, 4.69) is 40.2 Å². The molecule has 0 bridgehead atoms. The molecule has 0 amide bonds. The van der Waals surface area contributed by atoms with Crippen LogP contribution in [0.15, 0.2) is 42.5 Å². The summed E-state index contributed by atoms with van der Waals surface area (Å²) in [6, 6.07) is 14.3. The van der Waals surface area contributed by atoms with Gasteiger partial charge in [-0.1, -0.05) is 18.2 Å². The Hall–Kier alpha value is -2.47. The van der Waals surface area contributed by atoms with Gasteiger partial charge in [-0.25, -0.2) is 0 Å². The van der Waals surface area contributed by atoms with E-state index in [1.165, 1.54) is 5.56 Å². The maximum Gasteiger partial charge on any atom is 0.173 e. The largest absolute Gasteiger partial charge is 0.495 e. The number of anilines is 2. The minimum Gasteiger partial charge on any atom is -0.495 e. The summed E-state index contributed by atoms with van der Waals surface area (Å²) in [4.78, 5) is 4.56. The number of para-hydroxylation sites is 2. The number of aryl methyl sites for hydroxylation is 1. The lowest BCUT2D eigenvalue weighted by Gasteiger charge is -2.38. The predicted molar refractivity (Wildman–Crippen MR) is 115 cm³/mol. The van der Waals surface area contributed by atoms with Crippen LogP contribution in [0.25, 0.3) is 0 Å². The lowest BCUT2D eigenvalue weighted by Crippen LogP contribution is -2.50. The molecular formula is C21H27N3O2S. The second kappa shape index (κ2) is 8.95. The first-order valence-electron chi connectivity index (χ1n) is 9.29. The minimum absolute atomic E-state index is 0.670. The molecule has 6 heteroatoms. The number of thiocarbonyl (C=S) groups is 1. The van der Waals surface area contributed by atoms with Crippen molar-refractivity contribution in [1.82, 2.24) is 4.90 Å². The van der Waals surface area contributed by atoms with Gasteiger partial charge in [-0.3, -0.25) is 0 Å². The summed E-state index contributed by atoms with van der Waals surface area (Å²) in [5.41, 5.74) is 3.23. The van der Waals surface area contributed by atoms with Crippen LogP contribution in [0.2, 0.25) is 0 Å². The van der Waals surface area contributed by atoms with E-state index in [-0.39, 0.29) is 0 Å². The van der Waals surface area contributed by atoms with Crippen molar-refractivity contribution in [3.63, 3.8) is 0 Å². The van der Waals surface area contributed by atoms with Crippen LogP contribution in [0.5, 0.6) is 11.5 Å². The minimum atomic E-state index is 0.670. The van der Waals surface area contributed by atoms with Gasteiger partial charge in [0, 0.05) is 26.2 Å². The molecule has 1 aliphatic rings. The molecule has 2 aromatic carbocycles. The van der Waals surface area contributed by atoms with Crippen LogP contribution in [-0.2, 0) is 0 Å². The number of ether oxygens (including phenoxy) is 2. The molecule has 0 aliphatic carbocycles. The summed E-state index contributed by atoms with van der Waals surface area (Å²) in [5, 5.41) is 4.08. The SMILES string of the molecule is CCOc1ccccc1N1CCN(C(=S)Nc2cc(C)ccc2OC)CC1. The standard InChI is InChI=1S/C21H27N3O2S/c1-4-26-20-8-6-5-7-18(20)23-11-13-24(14-12-23)21(27)22-17-15-16(2)9-10-19(17)25-3/h5-10,15H,4,11-14H2,1-3H3,(H,22,27). The molecule has 1 saturated heterocycles. The van der Waals surface area contributed by atoms with Gasteiger partial charge in [0.05, 0.1) is 25.1 Å². The summed E-state index contributed by atoms with van der Waals surface area (Å²) in [6.45, 7) is 8.26. The molecule has 0 atom stereocenters. The first kappa shape index (κ1) is 19.3. The van der Waals surface area contributed by atoms with Gasteiger partial charge in [0.25, 0.3) is 0 Å². The van der Waals surface area contributed by atoms with Crippen LogP contribution in [-0.4, -0.2) is 49.9 Å². The van der Waals surface area contributed by atoms with Crippen LogP contribution in [0.1, 0.15) is 12.5 Å². The number of hydrogen-bond donors (Lipinski definition) is 1. The fraction of sp³-hybridized carbons (Fsp3) is 0.381. The predicted octanol–water partition coefficient (Wildman–Crippen LogP) is 3.92. The molecule has 0 unspecified atom stereocenters. The maximum atomic E-state index is 5.77. The number of piperazine rings is 1. The van der Waals surface area contributed by atoms with Crippen molar-refractivity contribution < 1.29 is 9.47 Å². The highest BCUT2D eigenvalue weighted by molar-refractivity contribution is 7.80. The van der Waals surface area contributed by atoms with Crippen LogP contribution >= 0.6 is 12.2 Å². The van der Waals surface area contributed by atoms with Crippen LogP contribution in [0.4, 0.5) is 11.4 Å². The van der Waals surface area contributed by atoms with Gasteiger partial charge in [-0.15, -0.1) is 0 Å². The van der Waals surface area contributed by atoms with Crippen molar-refractivity contribution >= 4 is 28.7 Å². The maximum absolute atomic E-state index is 5.77. The van der Waals surface area contributed by atoms with Gasteiger partial charge >= 0.3 is 0 Å². The van der Waals surface area contributed by atoms with E-state index in [0.29, 0.717) is 6.61 Å². The summed E-state index contributed by atoms with van der Waals surface area (Å²) >= 11 is 5.65. The van der Waals surface area contributed by atoms with Crippen LogP contribution in [0, 0.1) is 6.92 Å². The van der Waals surface area contributed by atoms with E-state index in [9.17, 15) is 0 Å². The number of rotatable bonds is 5. The molecule has 0 aromatic heterocycles. The number of hydrogen-bond acceptors (Lipinski definition) is 4. The number of methoxy groups -OCH3 is 1. The first-order chi connectivity index (χ1) is 13.1. The summed E-state index contributed by atoms with van der Waals surface area (Å²) in [5.74, 6) is 1.74.